The molecule has 5 nitrogen and oxygen atoms in total. The van der Waals surface area contributed by atoms with Crippen molar-refractivity contribution in [2.24, 2.45) is 0 Å². The molecule has 2 amide bonds. The number of carbonyl (C=O) groups excluding carboxylic acids is 2. The number of hydrogen-bond donors (Lipinski definition) is 1. The van der Waals surface area contributed by atoms with Crippen LogP contribution >= 0.6 is 22.9 Å². The zero-order chi connectivity index (χ0) is 21.3. The molecule has 0 radical (unpaired) electrons. The van der Waals surface area contributed by atoms with E-state index >= 15 is 0 Å². The Hall–Kier alpha value is -3.09. The smallest absolute Gasteiger partial charge is 0.282 e. The minimum atomic E-state index is -0.427. The second-order valence-corrected chi connectivity index (χ2v) is 8.02. The van der Waals surface area contributed by atoms with Crippen molar-refractivity contribution in [3.05, 3.63) is 81.1 Å². The molecule has 7 heteroatoms. The number of carbonyl (C=O) groups is 2. The fraction of sp³-hybridized carbons (Fsp3) is 0.130. The molecular formula is C23H19ClN2O3S. The summed E-state index contributed by atoms with van der Waals surface area (Å²) >= 11 is 7.64. The number of thiophene rings is 1. The number of nitrogens with zero attached hydrogens (tertiary/aromatic N) is 1. The molecule has 0 saturated carbocycles. The van der Waals surface area contributed by atoms with Crippen LogP contribution in [0.3, 0.4) is 0 Å². The van der Waals surface area contributed by atoms with E-state index in [9.17, 15) is 9.59 Å². The summed E-state index contributed by atoms with van der Waals surface area (Å²) in [5.41, 5.74) is 2.92. The molecule has 0 unspecified atom stereocenters. The number of aryl methyl sites for hydroxylation is 1. The number of rotatable bonds is 6. The van der Waals surface area contributed by atoms with Gasteiger partial charge in [0.2, 0.25) is 0 Å². The number of amides is 2. The van der Waals surface area contributed by atoms with Crippen molar-refractivity contribution in [3.8, 4) is 5.75 Å². The number of halogens is 1. The summed E-state index contributed by atoms with van der Waals surface area (Å²) in [6.45, 7) is 2.08. The number of ether oxygens (including phenoxy) is 1. The van der Waals surface area contributed by atoms with Crippen LogP contribution in [0, 0.1) is 0 Å². The van der Waals surface area contributed by atoms with E-state index in [2.05, 4.69) is 12.2 Å². The maximum atomic E-state index is 13.3. The minimum absolute atomic E-state index is 0.249. The highest BCUT2D eigenvalue weighted by Crippen LogP contribution is 2.37. The summed E-state index contributed by atoms with van der Waals surface area (Å²) in [7, 11) is 1.51. The van der Waals surface area contributed by atoms with Gasteiger partial charge in [0.15, 0.2) is 0 Å². The second-order valence-electron chi connectivity index (χ2n) is 6.67. The fourth-order valence-electron chi connectivity index (χ4n) is 3.29. The summed E-state index contributed by atoms with van der Waals surface area (Å²) < 4.78 is 5.17. The maximum Gasteiger partial charge on any atom is 0.282 e. The Morgan fingerprint density at radius 3 is 2.43 bits per heavy atom. The Kier molecular flexibility index (Phi) is 5.61. The second kappa shape index (κ2) is 8.34. The SMILES string of the molecule is CCc1ccc(NC2=C(c3cccs3)C(=O)N(c3ccc(OC)c(Cl)c3)C2=O)cc1. The number of anilines is 2. The lowest BCUT2D eigenvalue weighted by molar-refractivity contribution is -0.120. The molecule has 0 fully saturated rings. The van der Waals surface area contributed by atoms with Gasteiger partial charge in [-0.05, 0) is 53.8 Å². The van der Waals surface area contributed by atoms with Gasteiger partial charge < -0.3 is 10.1 Å². The zero-order valence-corrected chi connectivity index (χ0v) is 18.0. The number of imide groups is 1. The molecule has 152 valence electrons. The lowest BCUT2D eigenvalue weighted by atomic mass is 10.1. The maximum absolute atomic E-state index is 13.3. The van der Waals surface area contributed by atoms with Crippen molar-refractivity contribution in [1.29, 1.82) is 0 Å². The van der Waals surface area contributed by atoms with E-state index in [0.717, 1.165) is 21.9 Å². The zero-order valence-electron chi connectivity index (χ0n) is 16.4. The Balaban J connectivity index is 1.75. The quantitative estimate of drug-likeness (QED) is 0.525. The predicted octanol–water partition coefficient (Wildman–Crippen LogP) is 5.37. The molecule has 2 aromatic carbocycles. The van der Waals surface area contributed by atoms with Crippen molar-refractivity contribution in [3.63, 3.8) is 0 Å². The van der Waals surface area contributed by atoms with Crippen LogP contribution in [0.2, 0.25) is 5.02 Å². The molecule has 0 aliphatic carbocycles. The van der Waals surface area contributed by atoms with E-state index in [1.807, 2.05) is 41.8 Å². The van der Waals surface area contributed by atoms with Crippen LogP contribution in [0.25, 0.3) is 5.57 Å². The summed E-state index contributed by atoms with van der Waals surface area (Å²) in [6.07, 6.45) is 0.923. The highest BCUT2D eigenvalue weighted by Gasteiger charge is 2.40. The lowest BCUT2D eigenvalue weighted by Gasteiger charge is -2.16. The minimum Gasteiger partial charge on any atom is -0.495 e. The van der Waals surface area contributed by atoms with Crippen LogP contribution in [-0.4, -0.2) is 18.9 Å². The first-order valence-corrected chi connectivity index (χ1v) is 10.7. The van der Waals surface area contributed by atoms with Gasteiger partial charge in [-0.25, -0.2) is 4.90 Å². The number of nitrogens with one attached hydrogen (secondary N) is 1. The third-order valence-electron chi connectivity index (χ3n) is 4.88. The average Bonchev–Trinajstić information content (AvgIpc) is 3.35. The lowest BCUT2D eigenvalue weighted by Crippen LogP contribution is -2.32. The van der Waals surface area contributed by atoms with E-state index in [0.29, 0.717) is 22.0 Å². The van der Waals surface area contributed by atoms with Crippen LogP contribution in [0.1, 0.15) is 17.4 Å². The van der Waals surface area contributed by atoms with Crippen molar-refractivity contribution in [2.45, 2.75) is 13.3 Å². The van der Waals surface area contributed by atoms with Crippen LogP contribution < -0.4 is 15.0 Å². The molecule has 1 aliphatic rings. The van der Waals surface area contributed by atoms with E-state index in [4.69, 9.17) is 16.3 Å². The molecule has 30 heavy (non-hydrogen) atoms. The Morgan fingerprint density at radius 2 is 1.83 bits per heavy atom. The van der Waals surface area contributed by atoms with Gasteiger partial charge in [0, 0.05) is 10.6 Å². The molecule has 1 N–H and O–H groups in total. The predicted molar refractivity (Wildman–Crippen MR) is 121 cm³/mol. The highest BCUT2D eigenvalue weighted by atomic mass is 35.5. The Labute approximate surface area is 183 Å². The first-order valence-electron chi connectivity index (χ1n) is 9.40. The van der Waals surface area contributed by atoms with E-state index in [1.54, 1.807) is 18.2 Å². The van der Waals surface area contributed by atoms with E-state index < -0.39 is 11.8 Å². The number of hydrogen-bond acceptors (Lipinski definition) is 5. The van der Waals surface area contributed by atoms with Gasteiger partial charge >= 0.3 is 0 Å². The highest BCUT2D eigenvalue weighted by molar-refractivity contribution is 7.11. The van der Waals surface area contributed by atoms with Crippen LogP contribution in [-0.2, 0) is 16.0 Å². The fourth-order valence-corrected chi connectivity index (χ4v) is 4.31. The van der Waals surface area contributed by atoms with Crippen LogP contribution in [0.5, 0.6) is 5.75 Å². The first-order chi connectivity index (χ1) is 14.5. The van der Waals surface area contributed by atoms with Gasteiger partial charge in [-0.1, -0.05) is 36.7 Å². The van der Waals surface area contributed by atoms with Gasteiger partial charge in [-0.2, -0.15) is 0 Å². The Bertz CT molecular complexity index is 1140. The summed E-state index contributed by atoms with van der Waals surface area (Å²) in [6, 6.07) is 16.3. The molecule has 4 rings (SSSR count). The average molecular weight is 439 g/mol. The number of benzene rings is 2. The number of methoxy groups -OCH3 is 1. The third-order valence-corrected chi connectivity index (χ3v) is 6.06. The Morgan fingerprint density at radius 1 is 1.07 bits per heavy atom. The first kappa shape index (κ1) is 20.2. The standard InChI is InChI=1S/C23H19ClN2O3S/c1-3-14-6-8-15(9-7-14)25-21-20(19-5-4-12-30-19)22(27)26(23(21)28)16-10-11-18(29-2)17(24)13-16/h4-13,25H,3H2,1-2H3. The van der Waals surface area contributed by atoms with Gasteiger partial charge in [0.05, 0.1) is 23.4 Å². The van der Waals surface area contributed by atoms with Crippen molar-refractivity contribution >= 4 is 51.7 Å². The van der Waals surface area contributed by atoms with Crippen LogP contribution in [0.15, 0.2) is 65.7 Å². The molecular weight excluding hydrogens is 420 g/mol. The monoisotopic (exact) mass is 438 g/mol. The van der Waals surface area contributed by atoms with E-state index in [-0.39, 0.29) is 5.70 Å². The van der Waals surface area contributed by atoms with Crippen molar-refractivity contribution in [2.75, 3.05) is 17.3 Å². The molecule has 1 aromatic heterocycles. The van der Waals surface area contributed by atoms with Crippen LogP contribution in [0.4, 0.5) is 11.4 Å². The van der Waals surface area contributed by atoms with Gasteiger partial charge in [0.1, 0.15) is 11.4 Å². The third kappa shape index (κ3) is 3.60. The normalized spacial score (nSPS) is 13.9. The van der Waals surface area contributed by atoms with Gasteiger partial charge in [-0.15, -0.1) is 11.3 Å². The van der Waals surface area contributed by atoms with E-state index in [1.165, 1.54) is 24.0 Å². The molecule has 0 saturated heterocycles. The topological polar surface area (TPSA) is 58.6 Å². The van der Waals surface area contributed by atoms with Crippen molar-refractivity contribution < 1.29 is 14.3 Å². The molecule has 0 bridgehead atoms. The molecule has 0 spiro atoms. The summed E-state index contributed by atoms with van der Waals surface area (Å²) in [5, 5.41) is 5.36. The van der Waals surface area contributed by atoms with Gasteiger partial charge in [0.25, 0.3) is 11.8 Å². The summed E-state index contributed by atoms with van der Waals surface area (Å²) in [4.78, 5) is 28.5. The molecule has 0 atom stereocenters. The molecule has 2 heterocycles. The summed E-state index contributed by atoms with van der Waals surface area (Å²) in [5.74, 6) is -0.346. The molecule has 1 aliphatic heterocycles. The molecule has 3 aromatic rings. The van der Waals surface area contributed by atoms with Crippen molar-refractivity contribution in [1.82, 2.24) is 0 Å². The van der Waals surface area contributed by atoms with Gasteiger partial charge in [-0.3, -0.25) is 9.59 Å². The largest absolute Gasteiger partial charge is 0.495 e.